The lowest BCUT2D eigenvalue weighted by atomic mass is 10.1. The van der Waals surface area contributed by atoms with Gasteiger partial charge in [0.1, 0.15) is 0 Å². The Kier molecular flexibility index (Phi) is 5.09. The maximum atomic E-state index is 12.2. The number of aryl methyl sites for hydroxylation is 1. The Balaban J connectivity index is 1.92. The predicted octanol–water partition coefficient (Wildman–Crippen LogP) is 3.09. The van der Waals surface area contributed by atoms with Gasteiger partial charge in [0.15, 0.2) is 4.80 Å². The molecule has 0 spiro atoms. The summed E-state index contributed by atoms with van der Waals surface area (Å²) in [6.45, 7) is 2.11. The van der Waals surface area contributed by atoms with Crippen molar-refractivity contribution in [3.63, 3.8) is 0 Å². The number of aromatic nitrogens is 1. The number of thiazole rings is 1. The van der Waals surface area contributed by atoms with E-state index in [1.54, 1.807) is 19.1 Å². The summed E-state index contributed by atoms with van der Waals surface area (Å²) < 4.78 is 7.77. The lowest BCUT2D eigenvalue weighted by Crippen LogP contribution is -2.14. The fourth-order valence-electron chi connectivity index (χ4n) is 2.50. The van der Waals surface area contributed by atoms with Crippen molar-refractivity contribution in [2.24, 2.45) is 12.0 Å². The molecule has 0 N–H and O–H groups in total. The van der Waals surface area contributed by atoms with Gasteiger partial charge >= 0.3 is 5.97 Å². The molecule has 0 fully saturated rings. The maximum Gasteiger partial charge on any atom is 0.338 e. The third-order valence-electron chi connectivity index (χ3n) is 3.74. The molecule has 2 aromatic carbocycles. The van der Waals surface area contributed by atoms with E-state index in [9.17, 15) is 9.59 Å². The van der Waals surface area contributed by atoms with E-state index in [4.69, 9.17) is 4.74 Å². The van der Waals surface area contributed by atoms with Crippen LogP contribution in [-0.4, -0.2) is 23.1 Å². The van der Waals surface area contributed by atoms with Crippen molar-refractivity contribution in [1.29, 1.82) is 0 Å². The molecule has 3 aromatic rings. The van der Waals surface area contributed by atoms with Gasteiger partial charge in [-0.25, -0.2) is 4.79 Å². The Morgan fingerprint density at radius 3 is 2.64 bits per heavy atom. The van der Waals surface area contributed by atoms with E-state index in [-0.39, 0.29) is 18.3 Å². The summed E-state index contributed by atoms with van der Waals surface area (Å²) in [5, 5.41) is 0. The molecule has 1 heterocycles. The minimum absolute atomic E-state index is 0.195. The smallest absolute Gasteiger partial charge is 0.338 e. The number of ether oxygens (including phenoxy) is 1. The summed E-state index contributed by atoms with van der Waals surface area (Å²) in [6, 6.07) is 14.9. The number of nitrogens with zero attached hydrogens (tertiary/aromatic N) is 2. The highest BCUT2D eigenvalue weighted by atomic mass is 32.1. The first-order chi connectivity index (χ1) is 12.1. The third-order valence-corrected chi connectivity index (χ3v) is 4.83. The van der Waals surface area contributed by atoms with E-state index in [0.717, 1.165) is 15.8 Å². The zero-order chi connectivity index (χ0) is 17.8. The molecule has 0 aliphatic heterocycles. The van der Waals surface area contributed by atoms with Crippen LogP contribution in [0.3, 0.4) is 0 Å². The average molecular weight is 354 g/mol. The third kappa shape index (κ3) is 3.85. The molecule has 0 aliphatic carbocycles. The Bertz CT molecular complexity index is 987. The van der Waals surface area contributed by atoms with Gasteiger partial charge in [-0.15, -0.1) is 0 Å². The molecular weight excluding hydrogens is 336 g/mol. The highest BCUT2D eigenvalue weighted by molar-refractivity contribution is 7.16. The van der Waals surface area contributed by atoms with E-state index in [0.29, 0.717) is 17.0 Å². The van der Waals surface area contributed by atoms with Gasteiger partial charge in [-0.2, -0.15) is 4.99 Å². The monoisotopic (exact) mass is 354 g/mol. The summed E-state index contributed by atoms with van der Waals surface area (Å²) in [6.07, 6.45) is 0.267. The van der Waals surface area contributed by atoms with Gasteiger partial charge in [0.2, 0.25) is 0 Å². The van der Waals surface area contributed by atoms with Crippen LogP contribution in [0.25, 0.3) is 10.2 Å². The number of esters is 1. The molecule has 0 bridgehead atoms. The highest BCUT2D eigenvalue weighted by Gasteiger charge is 2.11. The molecule has 5 nitrogen and oxygen atoms in total. The molecule has 0 atom stereocenters. The van der Waals surface area contributed by atoms with Gasteiger partial charge in [-0.1, -0.05) is 41.7 Å². The molecule has 128 valence electrons. The fourth-order valence-corrected chi connectivity index (χ4v) is 3.57. The van der Waals surface area contributed by atoms with Crippen LogP contribution in [0.5, 0.6) is 0 Å². The summed E-state index contributed by atoms with van der Waals surface area (Å²) in [5.41, 5.74) is 2.35. The van der Waals surface area contributed by atoms with Crippen LogP contribution >= 0.6 is 11.3 Å². The number of fused-ring (bicyclic) bond motifs is 1. The Morgan fingerprint density at radius 1 is 1.16 bits per heavy atom. The number of rotatable bonds is 4. The van der Waals surface area contributed by atoms with E-state index in [2.05, 4.69) is 4.99 Å². The van der Waals surface area contributed by atoms with Crippen molar-refractivity contribution in [3.05, 3.63) is 64.5 Å². The van der Waals surface area contributed by atoms with E-state index >= 15 is 0 Å². The van der Waals surface area contributed by atoms with E-state index < -0.39 is 0 Å². The van der Waals surface area contributed by atoms with Gasteiger partial charge in [0, 0.05) is 7.05 Å². The molecule has 0 saturated heterocycles. The van der Waals surface area contributed by atoms with Crippen LogP contribution < -0.4 is 4.80 Å². The lowest BCUT2D eigenvalue weighted by molar-refractivity contribution is -0.117. The normalized spacial score (nSPS) is 11.7. The Labute approximate surface area is 149 Å². The zero-order valence-electron chi connectivity index (χ0n) is 14.1. The molecule has 1 amide bonds. The Hall–Kier alpha value is -2.73. The number of carbonyl (C=O) groups is 2. The molecule has 0 saturated carbocycles. The van der Waals surface area contributed by atoms with Crippen molar-refractivity contribution >= 4 is 33.4 Å². The van der Waals surface area contributed by atoms with Crippen molar-refractivity contribution in [1.82, 2.24) is 4.57 Å². The number of hydrogen-bond acceptors (Lipinski definition) is 4. The second kappa shape index (κ2) is 7.44. The molecule has 25 heavy (non-hydrogen) atoms. The Morgan fingerprint density at radius 2 is 1.92 bits per heavy atom. The summed E-state index contributed by atoms with van der Waals surface area (Å²) in [5.74, 6) is -0.543. The van der Waals surface area contributed by atoms with Gasteiger partial charge in [-0.3, -0.25) is 4.79 Å². The van der Waals surface area contributed by atoms with Crippen molar-refractivity contribution in [3.8, 4) is 0 Å². The van der Waals surface area contributed by atoms with Gasteiger partial charge < -0.3 is 9.30 Å². The van der Waals surface area contributed by atoms with Gasteiger partial charge in [0.25, 0.3) is 5.91 Å². The average Bonchev–Trinajstić information content (AvgIpc) is 2.91. The zero-order valence-corrected chi connectivity index (χ0v) is 14.9. The molecule has 0 radical (unpaired) electrons. The predicted molar refractivity (Wildman–Crippen MR) is 97.5 cm³/mol. The van der Waals surface area contributed by atoms with E-state index in [1.807, 2.05) is 48.0 Å². The quantitative estimate of drug-likeness (QED) is 0.677. The first-order valence-electron chi connectivity index (χ1n) is 7.96. The van der Waals surface area contributed by atoms with Crippen LogP contribution in [0, 0.1) is 0 Å². The minimum Gasteiger partial charge on any atom is -0.462 e. The second-order valence-electron chi connectivity index (χ2n) is 5.51. The van der Waals surface area contributed by atoms with Crippen molar-refractivity contribution in [2.45, 2.75) is 13.3 Å². The van der Waals surface area contributed by atoms with E-state index in [1.165, 1.54) is 11.3 Å². The molecule has 6 heteroatoms. The first kappa shape index (κ1) is 17.1. The largest absolute Gasteiger partial charge is 0.462 e. The van der Waals surface area contributed by atoms with Crippen LogP contribution in [-0.2, 0) is 23.0 Å². The summed E-state index contributed by atoms with van der Waals surface area (Å²) >= 11 is 1.38. The summed E-state index contributed by atoms with van der Waals surface area (Å²) in [7, 11) is 1.86. The van der Waals surface area contributed by atoms with Crippen LogP contribution in [0.15, 0.2) is 53.5 Å². The molecule has 3 rings (SSSR count). The number of carbonyl (C=O) groups excluding carboxylic acids is 2. The standard InChI is InChI=1S/C19H18N2O3S/c1-3-24-18(23)14-9-10-15-16(12-14)25-19(21(15)2)20-17(22)11-13-7-5-4-6-8-13/h4-10,12H,3,11H2,1-2H3. The molecule has 1 aromatic heterocycles. The molecule has 0 unspecified atom stereocenters. The molecular formula is C19H18N2O3S. The maximum absolute atomic E-state index is 12.2. The number of benzene rings is 2. The first-order valence-corrected chi connectivity index (χ1v) is 8.78. The fraction of sp³-hybridized carbons (Fsp3) is 0.211. The van der Waals surface area contributed by atoms with Gasteiger partial charge in [-0.05, 0) is 30.7 Å². The van der Waals surface area contributed by atoms with Gasteiger partial charge in [0.05, 0.1) is 28.8 Å². The lowest BCUT2D eigenvalue weighted by Gasteiger charge is -2.01. The second-order valence-corrected chi connectivity index (χ2v) is 6.52. The SMILES string of the molecule is CCOC(=O)c1ccc2c(c1)sc(=NC(=O)Cc1ccccc1)n2C. The van der Waals surface area contributed by atoms with Crippen molar-refractivity contribution < 1.29 is 14.3 Å². The minimum atomic E-state index is -0.348. The molecule has 0 aliphatic rings. The highest BCUT2D eigenvalue weighted by Crippen LogP contribution is 2.19. The van der Waals surface area contributed by atoms with Crippen molar-refractivity contribution in [2.75, 3.05) is 6.61 Å². The topological polar surface area (TPSA) is 60.7 Å². The van der Waals surface area contributed by atoms with Crippen LogP contribution in [0.2, 0.25) is 0 Å². The number of amides is 1. The number of hydrogen-bond donors (Lipinski definition) is 0. The van der Waals surface area contributed by atoms with Crippen LogP contribution in [0.4, 0.5) is 0 Å². The summed E-state index contributed by atoms with van der Waals surface area (Å²) in [4.78, 5) is 28.9. The van der Waals surface area contributed by atoms with Crippen LogP contribution in [0.1, 0.15) is 22.8 Å².